The SMILES string of the molecule is CC[O][Cr][O]CC.Cl.Cl. The molecule has 0 unspecified atom stereocenters. The fourth-order valence-corrected chi connectivity index (χ4v) is 0.537. The largest absolute Gasteiger partial charge is 0.147 e. The Hall–Kier alpha value is 1.03. The predicted molar refractivity (Wildman–Crippen MR) is 37.7 cm³/mol. The van der Waals surface area contributed by atoms with Crippen LogP contribution in [0.25, 0.3) is 0 Å². The molecule has 9 heavy (non-hydrogen) atoms. The van der Waals surface area contributed by atoms with Gasteiger partial charge in [-0.3, -0.25) is 0 Å². The predicted octanol–water partition coefficient (Wildman–Crippen LogP) is 1.82. The van der Waals surface area contributed by atoms with Crippen molar-refractivity contribution in [2.75, 3.05) is 13.2 Å². The van der Waals surface area contributed by atoms with E-state index in [0.29, 0.717) is 0 Å². The quantitative estimate of drug-likeness (QED) is 0.666. The van der Waals surface area contributed by atoms with Gasteiger partial charge in [-0.15, -0.1) is 24.8 Å². The van der Waals surface area contributed by atoms with E-state index in [1.807, 2.05) is 13.8 Å². The van der Waals surface area contributed by atoms with E-state index < -0.39 is 0 Å². The summed E-state index contributed by atoms with van der Waals surface area (Å²) in [6.45, 7) is 5.45. The van der Waals surface area contributed by atoms with Crippen molar-refractivity contribution >= 4 is 24.8 Å². The third-order valence-corrected chi connectivity index (χ3v) is 1.37. The van der Waals surface area contributed by atoms with Gasteiger partial charge < -0.3 is 0 Å². The van der Waals surface area contributed by atoms with Crippen LogP contribution < -0.4 is 0 Å². The van der Waals surface area contributed by atoms with Gasteiger partial charge in [0.05, 0.1) is 0 Å². The van der Waals surface area contributed by atoms with Crippen molar-refractivity contribution in [3.63, 3.8) is 0 Å². The fourth-order valence-electron chi connectivity index (χ4n) is 0.130. The normalized spacial score (nSPS) is 7.33. The van der Waals surface area contributed by atoms with Gasteiger partial charge in [-0.25, -0.2) is 0 Å². The molecule has 0 fully saturated rings. The molecular formula is C4H12Cl2CrO2. The Morgan fingerprint density at radius 3 is 1.56 bits per heavy atom. The first-order chi connectivity index (χ1) is 3.41. The smallest absolute Gasteiger partial charge is 0.147 e. The number of hydrogen-bond acceptors (Lipinski definition) is 2. The van der Waals surface area contributed by atoms with Gasteiger partial charge in [0.2, 0.25) is 0 Å². The molecule has 0 aromatic heterocycles. The molecule has 0 aromatic rings. The van der Waals surface area contributed by atoms with E-state index in [2.05, 4.69) is 0 Å². The van der Waals surface area contributed by atoms with Crippen LogP contribution in [0.1, 0.15) is 13.8 Å². The molecule has 0 spiro atoms. The molecule has 0 radical (unpaired) electrons. The van der Waals surface area contributed by atoms with Crippen molar-refractivity contribution < 1.29 is 23.5 Å². The van der Waals surface area contributed by atoms with Crippen molar-refractivity contribution in [2.24, 2.45) is 0 Å². The van der Waals surface area contributed by atoms with E-state index in [9.17, 15) is 0 Å². The molecule has 0 saturated heterocycles. The summed E-state index contributed by atoms with van der Waals surface area (Å²) in [7, 11) is 0. The molecule has 0 aliphatic heterocycles. The third kappa shape index (κ3) is 17.6. The molecule has 60 valence electrons. The summed E-state index contributed by atoms with van der Waals surface area (Å²) in [4.78, 5) is 0. The van der Waals surface area contributed by atoms with Gasteiger partial charge in [0.15, 0.2) is 0 Å². The minimum atomic E-state index is -0.0243. The van der Waals surface area contributed by atoms with Gasteiger partial charge in [0, 0.05) is 0 Å². The average Bonchev–Trinajstić information content (AvgIpc) is 1.69. The Morgan fingerprint density at radius 2 is 1.33 bits per heavy atom. The standard InChI is InChI=1S/2C2H5O.2ClH.Cr/c2*1-2-3;;;/h2*2H2,1H3;2*1H;/q2*-1;;;+2. The summed E-state index contributed by atoms with van der Waals surface area (Å²) in [5.74, 6) is 0. The zero-order chi connectivity index (χ0) is 5.54. The Morgan fingerprint density at radius 1 is 1.00 bits per heavy atom. The van der Waals surface area contributed by atoms with E-state index in [0.717, 1.165) is 13.2 Å². The Balaban J connectivity index is -0.000000180. The fraction of sp³-hybridized carbons (Fsp3) is 1.00. The summed E-state index contributed by atoms with van der Waals surface area (Å²) in [5.41, 5.74) is 0. The summed E-state index contributed by atoms with van der Waals surface area (Å²) >= 11 is -0.0243. The molecule has 0 N–H and O–H groups in total. The minimum Gasteiger partial charge on any atom is -0.147 e. The van der Waals surface area contributed by atoms with E-state index in [1.165, 1.54) is 0 Å². The van der Waals surface area contributed by atoms with Gasteiger partial charge in [-0.2, -0.15) is 0 Å². The van der Waals surface area contributed by atoms with Gasteiger partial charge in [0.25, 0.3) is 0 Å². The molecule has 2 nitrogen and oxygen atoms in total. The molecule has 0 aliphatic carbocycles. The maximum Gasteiger partial charge on any atom is -0.147 e. The van der Waals surface area contributed by atoms with Crippen molar-refractivity contribution in [1.29, 1.82) is 0 Å². The van der Waals surface area contributed by atoms with Crippen LogP contribution >= 0.6 is 24.8 Å². The third-order valence-electron chi connectivity index (χ3n) is 0.332. The molecule has 0 heterocycles. The van der Waals surface area contributed by atoms with Gasteiger partial charge in [-0.05, 0) is 0 Å². The van der Waals surface area contributed by atoms with Crippen molar-refractivity contribution in [2.45, 2.75) is 13.8 Å². The first-order valence-electron chi connectivity index (χ1n) is 2.32. The topological polar surface area (TPSA) is 18.5 Å². The van der Waals surface area contributed by atoms with Crippen LogP contribution in [0, 0.1) is 0 Å². The molecule has 0 amide bonds. The van der Waals surface area contributed by atoms with Crippen LogP contribution in [0.15, 0.2) is 0 Å². The number of rotatable bonds is 4. The van der Waals surface area contributed by atoms with E-state index >= 15 is 0 Å². The van der Waals surface area contributed by atoms with Crippen molar-refractivity contribution in [3.05, 3.63) is 0 Å². The van der Waals surface area contributed by atoms with Crippen LogP contribution in [0.2, 0.25) is 0 Å². The van der Waals surface area contributed by atoms with Crippen LogP contribution in [-0.4, -0.2) is 13.2 Å². The Kier molecular flexibility index (Phi) is 29.4. The van der Waals surface area contributed by atoms with Crippen LogP contribution in [0.5, 0.6) is 0 Å². The Bertz CT molecular complexity index is 35.7. The zero-order valence-electron chi connectivity index (χ0n) is 5.46. The molecular weight excluding hydrogens is 203 g/mol. The summed E-state index contributed by atoms with van der Waals surface area (Å²) in [6.07, 6.45) is 0. The van der Waals surface area contributed by atoms with Crippen molar-refractivity contribution in [3.8, 4) is 0 Å². The second-order valence-electron chi connectivity index (χ2n) is 0.881. The van der Waals surface area contributed by atoms with Gasteiger partial charge in [-0.1, -0.05) is 0 Å². The van der Waals surface area contributed by atoms with Gasteiger partial charge in [0.1, 0.15) is 0 Å². The molecule has 0 atom stereocenters. The maximum atomic E-state index is 4.91. The summed E-state index contributed by atoms with van der Waals surface area (Å²) < 4.78 is 9.83. The van der Waals surface area contributed by atoms with Gasteiger partial charge >= 0.3 is 50.5 Å². The molecule has 0 aromatic carbocycles. The second kappa shape index (κ2) is 16.0. The molecule has 5 heteroatoms. The summed E-state index contributed by atoms with van der Waals surface area (Å²) in [5, 5.41) is 0. The molecule has 0 aliphatic rings. The van der Waals surface area contributed by atoms with Crippen LogP contribution in [-0.2, 0) is 23.5 Å². The zero-order valence-corrected chi connectivity index (χ0v) is 8.36. The van der Waals surface area contributed by atoms with E-state index in [4.69, 9.17) is 7.58 Å². The first kappa shape index (κ1) is 16.6. The second-order valence-corrected chi connectivity index (χ2v) is 1.83. The number of halogens is 2. The van der Waals surface area contributed by atoms with Crippen molar-refractivity contribution in [1.82, 2.24) is 0 Å². The molecule has 0 bridgehead atoms. The number of hydrogen-bond donors (Lipinski definition) is 0. The molecule has 0 rings (SSSR count). The average molecular weight is 215 g/mol. The first-order valence-corrected chi connectivity index (χ1v) is 3.37. The maximum absolute atomic E-state index is 4.91. The van der Waals surface area contributed by atoms with E-state index in [1.54, 1.807) is 0 Å². The van der Waals surface area contributed by atoms with E-state index in [-0.39, 0.29) is 40.7 Å². The van der Waals surface area contributed by atoms with Crippen LogP contribution in [0.3, 0.4) is 0 Å². The summed E-state index contributed by atoms with van der Waals surface area (Å²) in [6, 6.07) is 0. The Labute approximate surface area is 75.5 Å². The molecule has 0 saturated carbocycles. The minimum absolute atomic E-state index is 0. The van der Waals surface area contributed by atoms with Crippen LogP contribution in [0.4, 0.5) is 0 Å². The monoisotopic (exact) mass is 214 g/mol.